The normalized spacial score (nSPS) is 17.3. The molecule has 1 heterocycles. The Morgan fingerprint density at radius 3 is 2.42 bits per heavy atom. The zero-order valence-electron chi connectivity index (χ0n) is 18.6. The van der Waals surface area contributed by atoms with Crippen LogP contribution in [0.25, 0.3) is 0 Å². The molecule has 33 heavy (non-hydrogen) atoms. The van der Waals surface area contributed by atoms with Crippen LogP contribution < -0.4 is 14.4 Å². The number of anilines is 1. The van der Waals surface area contributed by atoms with E-state index < -0.39 is 18.1 Å². The third kappa shape index (κ3) is 4.39. The van der Waals surface area contributed by atoms with Crippen molar-refractivity contribution in [3.63, 3.8) is 0 Å². The monoisotopic (exact) mass is 465 g/mol. The van der Waals surface area contributed by atoms with E-state index in [1.807, 2.05) is 31.2 Å². The SMILES string of the molecule is CCOC(=O)c1ccc(N2C(=O)[C@H](Oc3ccc(Cl)cc3C)[C@H]2c2ccccc2OC)cc1. The summed E-state index contributed by atoms with van der Waals surface area (Å²) < 4.78 is 16.8. The first-order valence-electron chi connectivity index (χ1n) is 10.6. The Labute approximate surface area is 197 Å². The molecule has 0 spiro atoms. The molecule has 1 aliphatic heterocycles. The number of benzene rings is 3. The lowest BCUT2D eigenvalue weighted by Crippen LogP contribution is -2.61. The number of hydrogen-bond donors (Lipinski definition) is 0. The number of amides is 1. The molecule has 0 radical (unpaired) electrons. The molecule has 1 aliphatic rings. The number of methoxy groups -OCH3 is 1. The third-order valence-corrected chi connectivity index (χ3v) is 5.79. The van der Waals surface area contributed by atoms with Crippen LogP contribution in [0.2, 0.25) is 5.02 Å². The first-order chi connectivity index (χ1) is 15.9. The lowest BCUT2D eigenvalue weighted by atomic mass is 9.88. The van der Waals surface area contributed by atoms with Crippen LogP contribution in [0.4, 0.5) is 5.69 Å². The Morgan fingerprint density at radius 2 is 1.76 bits per heavy atom. The van der Waals surface area contributed by atoms with Gasteiger partial charge in [-0.3, -0.25) is 9.69 Å². The van der Waals surface area contributed by atoms with Gasteiger partial charge in [0.05, 0.1) is 19.3 Å². The molecule has 3 aromatic rings. The number of esters is 1. The fourth-order valence-electron chi connectivity index (χ4n) is 3.93. The molecule has 6 nitrogen and oxygen atoms in total. The van der Waals surface area contributed by atoms with Crippen molar-refractivity contribution in [2.24, 2.45) is 0 Å². The first kappa shape index (κ1) is 22.7. The van der Waals surface area contributed by atoms with Gasteiger partial charge in [-0.15, -0.1) is 0 Å². The van der Waals surface area contributed by atoms with Gasteiger partial charge in [-0.05, 0) is 67.9 Å². The predicted octanol–water partition coefficient (Wildman–Crippen LogP) is 5.37. The van der Waals surface area contributed by atoms with E-state index in [-0.39, 0.29) is 5.91 Å². The number of para-hydroxylation sites is 1. The molecule has 2 atom stereocenters. The van der Waals surface area contributed by atoms with Crippen molar-refractivity contribution in [1.82, 2.24) is 0 Å². The van der Waals surface area contributed by atoms with E-state index in [2.05, 4.69) is 0 Å². The van der Waals surface area contributed by atoms with Gasteiger partial charge >= 0.3 is 5.97 Å². The maximum Gasteiger partial charge on any atom is 0.338 e. The molecule has 1 saturated heterocycles. The van der Waals surface area contributed by atoms with Crippen molar-refractivity contribution in [3.05, 3.63) is 88.4 Å². The molecule has 0 unspecified atom stereocenters. The highest BCUT2D eigenvalue weighted by Crippen LogP contribution is 2.44. The summed E-state index contributed by atoms with van der Waals surface area (Å²) >= 11 is 6.07. The smallest absolute Gasteiger partial charge is 0.338 e. The molecule has 3 aromatic carbocycles. The fraction of sp³-hybridized carbons (Fsp3) is 0.231. The van der Waals surface area contributed by atoms with Crippen LogP contribution >= 0.6 is 11.6 Å². The predicted molar refractivity (Wildman–Crippen MR) is 126 cm³/mol. The minimum absolute atomic E-state index is 0.191. The second-order valence-corrected chi connectivity index (χ2v) is 8.05. The summed E-state index contributed by atoms with van der Waals surface area (Å²) in [6, 6.07) is 19.2. The van der Waals surface area contributed by atoms with Gasteiger partial charge in [-0.2, -0.15) is 0 Å². The lowest BCUT2D eigenvalue weighted by Gasteiger charge is -2.47. The number of carbonyl (C=O) groups is 2. The molecule has 0 aromatic heterocycles. The summed E-state index contributed by atoms with van der Waals surface area (Å²) in [5, 5.41) is 0.601. The minimum Gasteiger partial charge on any atom is -0.496 e. The van der Waals surface area contributed by atoms with E-state index in [1.165, 1.54) is 0 Å². The molecule has 0 N–H and O–H groups in total. The maximum absolute atomic E-state index is 13.3. The number of nitrogens with zero attached hydrogens (tertiary/aromatic N) is 1. The highest BCUT2D eigenvalue weighted by Gasteiger charge is 2.52. The van der Waals surface area contributed by atoms with E-state index >= 15 is 0 Å². The van der Waals surface area contributed by atoms with Crippen LogP contribution in [-0.4, -0.2) is 31.7 Å². The van der Waals surface area contributed by atoms with Crippen molar-refractivity contribution in [1.29, 1.82) is 0 Å². The van der Waals surface area contributed by atoms with E-state index in [0.717, 1.165) is 11.1 Å². The topological polar surface area (TPSA) is 65.1 Å². The Hall–Kier alpha value is -3.51. The Kier molecular flexibility index (Phi) is 6.56. The van der Waals surface area contributed by atoms with Gasteiger partial charge in [0.25, 0.3) is 5.91 Å². The van der Waals surface area contributed by atoms with Crippen molar-refractivity contribution in [2.45, 2.75) is 26.0 Å². The second-order valence-electron chi connectivity index (χ2n) is 7.61. The number of hydrogen-bond acceptors (Lipinski definition) is 5. The van der Waals surface area contributed by atoms with E-state index in [9.17, 15) is 9.59 Å². The van der Waals surface area contributed by atoms with Crippen LogP contribution in [0.5, 0.6) is 11.5 Å². The van der Waals surface area contributed by atoms with Gasteiger partial charge in [-0.25, -0.2) is 4.79 Å². The molecule has 1 fully saturated rings. The Morgan fingerprint density at radius 1 is 1.03 bits per heavy atom. The maximum atomic E-state index is 13.3. The quantitative estimate of drug-likeness (QED) is 0.346. The molecule has 0 bridgehead atoms. The molecule has 4 rings (SSSR count). The Balaban J connectivity index is 1.69. The second kappa shape index (κ2) is 9.55. The molecule has 1 amide bonds. The molecular formula is C26H24ClNO5. The third-order valence-electron chi connectivity index (χ3n) is 5.55. The van der Waals surface area contributed by atoms with Crippen LogP contribution in [-0.2, 0) is 9.53 Å². The van der Waals surface area contributed by atoms with E-state index in [0.29, 0.717) is 34.4 Å². The summed E-state index contributed by atoms with van der Waals surface area (Å²) in [7, 11) is 1.59. The molecule has 170 valence electrons. The molecule has 0 aliphatic carbocycles. The molecule has 0 saturated carbocycles. The lowest BCUT2D eigenvalue weighted by molar-refractivity contribution is -0.135. The standard InChI is InChI=1S/C26H24ClNO5/c1-4-32-26(30)17-9-12-19(13-10-17)28-23(20-7-5-6-8-22(20)31-3)24(25(28)29)33-21-14-11-18(27)15-16(21)2/h5-15,23-24H,4H2,1-3H3/t23-,24-/m1/s1. The van der Waals surface area contributed by atoms with Crippen LogP contribution in [0.3, 0.4) is 0 Å². The minimum atomic E-state index is -0.745. The van der Waals surface area contributed by atoms with Gasteiger partial charge in [0, 0.05) is 16.3 Å². The molecule has 7 heteroatoms. The van der Waals surface area contributed by atoms with Gasteiger partial charge < -0.3 is 14.2 Å². The zero-order chi connectivity index (χ0) is 23.5. The van der Waals surface area contributed by atoms with E-state index in [4.69, 9.17) is 25.8 Å². The molecular weight excluding hydrogens is 442 g/mol. The number of ether oxygens (including phenoxy) is 3. The van der Waals surface area contributed by atoms with Crippen LogP contribution in [0, 0.1) is 6.92 Å². The fourth-order valence-corrected chi connectivity index (χ4v) is 4.16. The number of aryl methyl sites for hydroxylation is 1. The van der Waals surface area contributed by atoms with Gasteiger partial charge in [0.15, 0.2) is 0 Å². The average molecular weight is 466 g/mol. The summed E-state index contributed by atoms with van der Waals surface area (Å²) in [4.78, 5) is 27.0. The highest BCUT2D eigenvalue weighted by atomic mass is 35.5. The van der Waals surface area contributed by atoms with Crippen LogP contribution in [0.1, 0.15) is 34.5 Å². The Bertz CT molecular complexity index is 1180. The largest absolute Gasteiger partial charge is 0.496 e. The summed E-state index contributed by atoms with van der Waals surface area (Å²) in [5.74, 6) is 0.656. The summed E-state index contributed by atoms with van der Waals surface area (Å²) in [6.45, 7) is 3.93. The number of halogens is 1. The van der Waals surface area contributed by atoms with Crippen molar-refractivity contribution < 1.29 is 23.8 Å². The van der Waals surface area contributed by atoms with Gasteiger partial charge in [-0.1, -0.05) is 29.8 Å². The van der Waals surface area contributed by atoms with Crippen LogP contribution in [0.15, 0.2) is 66.7 Å². The number of rotatable bonds is 7. The average Bonchev–Trinajstić information content (AvgIpc) is 2.82. The van der Waals surface area contributed by atoms with Crippen molar-refractivity contribution in [3.8, 4) is 11.5 Å². The van der Waals surface area contributed by atoms with Gasteiger partial charge in [0.1, 0.15) is 17.5 Å². The van der Waals surface area contributed by atoms with Gasteiger partial charge in [0.2, 0.25) is 6.10 Å². The van der Waals surface area contributed by atoms with Crippen molar-refractivity contribution >= 4 is 29.2 Å². The summed E-state index contributed by atoms with van der Waals surface area (Å²) in [6.07, 6.45) is -0.745. The number of carbonyl (C=O) groups excluding carboxylic acids is 2. The summed E-state index contributed by atoms with van der Waals surface area (Å²) in [5.41, 5.74) is 2.74. The number of β-lactam (4-membered cyclic amide) rings is 1. The van der Waals surface area contributed by atoms with Crippen molar-refractivity contribution in [2.75, 3.05) is 18.6 Å². The zero-order valence-corrected chi connectivity index (χ0v) is 19.3. The first-order valence-corrected chi connectivity index (χ1v) is 11.0. The van der Waals surface area contributed by atoms with E-state index in [1.54, 1.807) is 61.4 Å². The highest BCUT2D eigenvalue weighted by molar-refractivity contribution is 6.30.